The van der Waals surface area contributed by atoms with Gasteiger partial charge in [0, 0.05) is 28.7 Å². The minimum atomic E-state index is 0.497. The van der Waals surface area contributed by atoms with Gasteiger partial charge in [0.25, 0.3) is 0 Å². The van der Waals surface area contributed by atoms with Crippen LogP contribution in [0.5, 0.6) is 0 Å². The van der Waals surface area contributed by atoms with E-state index in [2.05, 4.69) is 192 Å². The Morgan fingerprint density at radius 3 is 2.25 bits per heavy atom. The van der Waals surface area contributed by atoms with Gasteiger partial charge in [0.15, 0.2) is 0 Å². The summed E-state index contributed by atoms with van der Waals surface area (Å²) in [5.41, 5.74) is 12.4. The lowest BCUT2D eigenvalue weighted by Gasteiger charge is -2.28. The van der Waals surface area contributed by atoms with Crippen LogP contribution in [0.2, 0.25) is 0 Å². The monoisotopic (exact) mass is 660 g/mol. The summed E-state index contributed by atoms with van der Waals surface area (Å²) in [4.78, 5) is 0. The topological polar surface area (TPSA) is 17.0 Å². The Bertz CT molecular complexity index is 2310. The van der Waals surface area contributed by atoms with Crippen LogP contribution in [0.1, 0.15) is 36.8 Å². The number of hydrogen-bond acceptors (Lipinski definition) is 1. The van der Waals surface area contributed by atoms with Crippen LogP contribution in [0.4, 0.5) is 0 Å². The fraction of sp³-hybridized carbons (Fsp3) is 0.143. The smallest absolute Gasteiger partial charge is 0.0547 e. The van der Waals surface area contributed by atoms with Gasteiger partial charge in [0.1, 0.15) is 0 Å². The molecule has 0 bridgehead atoms. The summed E-state index contributed by atoms with van der Waals surface area (Å²) in [6.07, 6.45) is 22.5. The fourth-order valence-corrected chi connectivity index (χ4v) is 7.66. The second-order valence-electron chi connectivity index (χ2n) is 13.7. The number of fused-ring (bicyclic) bond motifs is 3. The Morgan fingerprint density at radius 2 is 1.45 bits per heavy atom. The number of nitrogens with zero attached hydrogens (tertiary/aromatic N) is 1. The molecule has 0 saturated heterocycles. The Balaban J connectivity index is 0.894. The van der Waals surface area contributed by atoms with Crippen molar-refractivity contribution in [2.24, 2.45) is 11.8 Å². The highest BCUT2D eigenvalue weighted by Crippen LogP contribution is 2.36. The number of rotatable bonds is 11. The van der Waals surface area contributed by atoms with E-state index in [1.165, 1.54) is 66.6 Å². The number of benzene rings is 5. The van der Waals surface area contributed by atoms with Crippen LogP contribution >= 0.6 is 0 Å². The van der Waals surface area contributed by atoms with Crippen molar-refractivity contribution in [3.05, 3.63) is 199 Å². The van der Waals surface area contributed by atoms with Crippen molar-refractivity contribution >= 4 is 33.0 Å². The molecule has 0 radical (unpaired) electrons. The summed E-state index contributed by atoms with van der Waals surface area (Å²) in [6.45, 7) is 5.27. The van der Waals surface area contributed by atoms with E-state index < -0.39 is 0 Å². The van der Waals surface area contributed by atoms with E-state index >= 15 is 0 Å². The van der Waals surface area contributed by atoms with Crippen molar-refractivity contribution in [3.8, 4) is 16.8 Å². The average molecular weight is 661 g/mol. The Kier molecular flexibility index (Phi) is 9.48. The lowest BCUT2D eigenvalue weighted by atomic mass is 9.79. The summed E-state index contributed by atoms with van der Waals surface area (Å²) in [5, 5.41) is 6.28. The molecule has 5 aromatic carbocycles. The molecule has 1 N–H and O–H groups in total. The molecule has 2 nitrogen and oxygen atoms in total. The zero-order valence-corrected chi connectivity index (χ0v) is 29.1. The highest BCUT2D eigenvalue weighted by molar-refractivity contribution is 6.10. The van der Waals surface area contributed by atoms with Crippen LogP contribution in [0.25, 0.3) is 49.8 Å². The summed E-state index contributed by atoms with van der Waals surface area (Å²) in [6, 6.07) is 45.9. The van der Waals surface area contributed by atoms with Crippen LogP contribution in [0, 0.1) is 11.8 Å². The van der Waals surface area contributed by atoms with E-state index in [0.29, 0.717) is 11.8 Å². The highest BCUT2D eigenvalue weighted by atomic mass is 15.0. The second-order valence-corrected chi connectivity index (χ2v) is 13.7. The average Bonchev–Trinajstić information content (AvgIpc) is 3.54. The molecule has 0 saturated carbocycles. The third kappa shape index (κ3) is 7.09. The molecule has 8 rings (SSSR count). The minimum absolute atomic E-state index is 0.497. The number of nitrogens with one attached hydrogen (secondary N) is 1. The van der Waals surface area contributed by atoms with E-state index in [4.69, 9.17) is 0 Å². The predicted octanol–water partition coefficient (Wildman–Crippen LogP) is 12.5. The van der Waals surface area contributed by atoms with Gasteiger partial charge < -0.3 is 9.88 Å². The Morgan fingerprint density at radius 1 is 0.706 bits per heavy atom. The predicted molar refractivity (Wildman–Crippen MR) is 219 cm³/mol. The molecule has 0 fully saturated rings. The van der Waals surface area contributed by atoms with Gasteiger partial charge in [0.2, 0.25) is 0 Å². The molecule has 2 aliphatic carbocycles. The molecule has 0 spiro atoms. The van der Waals surface area contributed by atoms with Gasteiger partial charge in [-0.15, -0.1) is 0 Å². The normalized spacial score (nSPS) is 17.2. The summed E-state index contributed by atoms with van der Waals surface area (Å²) < 4.78 is 2.38. The van der Waals surface area contributed by atoms with Crippen molar-refractivity contribution in [3.63, 3.8) is 0 Å². The first kappa shape index (κ1) is 32.4. The summed E-state index contributed by atoms with van der Waals surface area (Å²) >= 11 is 0. The van der Waals surface area contributed by atoms with Gasteiger partial charge in [-0.3, -0.25) is 0 Å². The zero-order chi connectivity index (χ0) is 34.4. The maximum Gasteiger partial charge on any atom is 0.0547 e. The lowest BCUT2D eigenvalue weighted by Crippen LogP contribution is -2.22. The van der Waals surface area contributed by atoms with Gasteiger partial charge in [0.05, 0.1) is 11.0 Å². The van der Waals surface area contributed by atoms with Gasteiger partial charge in [-0.1, -0.05) is 152 Å². The van der Waals surface area contributed by atoms with Crippen LogP contribution in [0.3, 0.4) is 0 Å². The third-order valence-electron chi connectivity index (χ3n) is 10.4. The molecule has 0 amide bonds. The van der Waals surface area contributed by atoms with Crippen molar-refractivity contribution in [2.75, 3.05) is 6.54 Å². The largest absolute Gasteiger partial charge is 0.385 e. The fourth-order valence-electron chi connectivity index (χ4n) is 7.66. The summed E-state index contributed by atoms with van der Waals surface area (Å²) in [5.74, 6) is 1.04. The number of aromatic nitrogens is 1. The molecule has 2 aliphatic rings. The Hall–Kier alpha value is -5.86. The first-order valence-corrected chi connectivity index (χ1v) is 18.3. The number of hydrogen-bond donors (Lipinski definition) is 1. The molecule has 1 heterocycles. The standard InChI is InChI=1S/C49H44N2/c1-36(16-6-5-15-31-50-44-33-42(38-17-7-2-8-18-38)32-43(34-44)39-19-9-3-10-20-39)37-25-27-40(28-26-37)41-29-30-47-46-23-13-14-24-48(46)51(49(47)35-41)45-21-11-4-12-22-45/h2-5,7-15,17-19,21-30,32-33,35,39,43,50H,1,6,16,20,31,34H2/b15-5-. The third-order valence-corrected chi connectivity index (χ3v) is 10.4. The molecule has 6 aromatic rings. The molecule has 2 heteroatoms. The molecule has 51 heavy (non-hydrogen) atoms. The maximum atomic E-state index is 4.44. The van der Waals surface area contributed by atoms with Crippen molar-refractivity contribution < 1.29 is 0 Å². The van der Waals surface area contributed by atoms with Gasteiger partial charge >= 0.3 is 0 Å². The number of allylic oxidation sites excluding steroid dienone is 10. The molecule has 0 aliphatic heterocycles. The molecule has 2 unspecified atom stereocenters. The van der Waals surface area contributed by atoms with E-state index in [0.717, 1.165) is 32.2 Å². The molecule has 2 atom stereocenters. The maximum absolute atomic E-state index is 4.44. The van der Waals surface area contributed by atoms with Crippen molar-refractivity contribution in [2.45, 2.75) is 25.7 Å². The highest BCUT2D eigenvalue weighted by Gasteiger charge is 2.23. The van der Waals surface area contributed by atoms with Crippen LogP contribution in [0.15, 0.2) is 188 Å². The van der Waals surface area contributed by atoms with Crippen molar-refractivity contribution in [1.29, 1.82) is 0 Å². The van der Waals surface area contributed by atoms with E-state index in [-0.39, 0.29) is 0 Å². The number of para-hydroxylation sites is 2. The van der Waals surface area contributed by atoms with E-state index in [1.54, 1.807) is 0 Å². The SMILES string of the molecule is C=C(CC/C=C\CNC1=CC(c2ccccc2)=CC(C2C=CC=CC2)C1)c1ccc(-c2ccc3c4ccccc4n(-c4ccccc4)c3c2)cc1. The molecular weight excluding hydrogens is 617 g/mol. The minimum Gasteiger partial charge on any atom is -0.385 e. The second kappa shape index (κ2) is 14.9. The first-order valence-electron chi connectivity index (χ1n) is 18.3. The summed E-state index contributed by atoms with van der Waals surface area (Å²) in [7, 11) is 0. The molecule has 1 aromatic heterocycles. The van der Waals surface area contributed by atoms with Gasteiger partial charge in [-0.05, 0) is 101 Å². The van der Waals surface area contributed by atoms with E-state index in [1.807, 2.05) is 0 Å². The quantitative estimate of drug-likeness (QED) is 0.137. The first-order chi connectivity index (χ1) is 25.2. The lowest BCUT2D eigenvalue weighted by molar-refractivity contribution is 0.460. The van der Waals surface area contributed by atoms with Crippen LogP contribution < -0.4 is 5.32 Å². The molecular formula is C49H44N2. The van der Waals surface area contributed by atoms with Gasteiger partial charge in [-0.2, -0.15) is 0 Å². The van der Waals surface area contributed by atoms with Crippen molar-refractivity contribution in [1.82, 2.24) is 9.88 Å². The van der Waals surface area contributed by atoms with Crippen LogP contribution in [-0.4, -0.2) is 11.1 Å². The van der Waals surface area contributed by atoms with Gasteiger partial charge in [-0.25, -0.2) is 0 Å². The molecule has 250 valence electrons. The Labute approximate surface area is 302 Å². The van der Waals surface area contributed by atoms with E-state index in [9.17, 15) is 0 Å². The van der Waals surface area contributed by atoms with Crippen LogP contribution in [-0.2, 0) is 0 Å². The zero-order valence-electron chi connectivity index (χ0n) is 29.1.